The maximum absolute atomic E-state index is 12.0. The Morgan fingerprint density at radius 1 is 0.656 bits per heavy atom. The van der Waals surface area contributed by atoms with Gasteiger partial charge in [0, 0.05) is 22.9 Å². The summed E-state index contributed by atoms with van der Waals surface area (Å²) in [7, 11) is 2.15. The number of urea groups is 2. The average molecular weight is 479 g/mol. The van der Waals surface area contributed by atoms with E-state index in [4.69, 9.17) is 0 Å². The van der Waals surface area contributed by atoms with E-state index in [0.29, 0.717) is 11.4 Å². The molecule has 0 spiro atoms. The monoisotopic (exact) mass is 478 g/mol. The normalized spacial score (nSPS) is 12.1. The molecule has 0 aliphatic rings. The van der Waals surface area contributed by atoms with Crippen molar-refractivity contribution in [3.05, 3.63) is 60.7 Å². The molecule has 2 aromatic carbocycles. The molecule has 170 valence electrons. The Morgan fingerprint density at radius 2 is 1.00 bits per heavy atom. The molecule has 0 unspecified atom stereocenters. The summed E-state index contributed by atoms with van der Waals surface area (Å²) in [5, 5.41) is 28.4. The van der Waals surface area contributed by atoms with Crippen LogP contribution in [0.1, 0.15) is 0 Å². The zero-order chi connectivity index (χ0) is 23.3. The molecule has 0 aliphatic carbocycles. The molecule has 0 saturated carbocycles. The summed E-state index contributed by atoms with van der Waals surface area (Å²) in [4.78, 5) is 46.8. The number of nitrogens with one attached hydrogen (secondary N) is 4. The highest BCUT2D eigenvalue weighted by atomic mass is 33.1. The van der Waals surface area contributed by atoms with Crippen LogP contribution < -0.4 is 21.3 Å². The third-order valence-electron chi connectivity index (χ3n) is 3.82. The molecule has 2 atom stereocenters. The molecular formula is C20H22N4O6S2. The van der Waals surface area contributed by atoms with E-state index in [1.54, 1.807) is 60.7 Å². The van der Waals surface area contributed by atoms with Gasteiger partial charge < -0.3 is 31.5 Å². The van der Waals surface area contributed by atoms with Crippen LogP contribution in [0.5, 0.6) is 0 Å². The van der Waals surface area contributed by atoms with Gasteiger partial charge in [-0.1, -0.05) is 58.0 Å². The summed E-state index contributed by atoms with van der Waals surface area (Å²) >= 11 is 0. The zero-order valence-corrected chi connectivity index (χ0v) is 18.3. The molecule has 2 aromatic rings. The number of aliphatic carboxylic acids is 2. The number of carbonyl (C=O) groups is 4. The first-order valence-corrected chi connectivity index (χ1v) is 11.8. The molecule has 2 rings (SSSR count). The molecule has 0 saturated heterocycles. The van der Waals surface area contributed by atoms with Gasteiger partial charge in [0.25, 0.3) is 0 Å². The standard InChI is InChI=1S/C20H22N4O6S2/c25-17(26)15(23-19(29)21-13-7-3-1-4-8-13)11-31-32-12-16(18(27)28)24-20(30)22-14-9-5-2-6-10-14/h1-10,15-16H,11-12H2,(H,25,26)(H,27,28)(H2,21,23,29)(H2,22,24,30)/t15-,16-/m1/s1. The van der Waals surface area contributed by atoms with Crippen LogP contribution in [0.4, 0.5) is 21.0 Å². The molecule has 0 aliphatic heterocycles. The molecule has 32 heavy (non-hydrogen) atoms. The molecule has 0 radical (unpaired) electrons. The molecular weight excluding hydrogens is 456 g/mol. The van der Waals surface area contributed by atoms with Crippen LogP contribution in [0.3, 0.4) is 0 Å². The first kappa shape index (κ1) is 24.9. The number of hydrogen-bond acceptors (Lipinski definition) is 6. The summed E-state index contributed by atoms with van der Waals surface area (Å²) < 4.78 is 0. The lowest BCUT2D eigenvalue weighted by molar-refractivity contribution is -0.139. The van der Waals surface area contributed by atoms with Crippen LogP contribution in [-0.4, -0.2) is 57.8 Å². The molecule has 0 heterocycles. The maximum Gasteiger partial charge on any atom is 0.327 e. The number of hydrogen-bond donors (Lipinski definition) is 6. The van der Waals surface area contributed by atoms with Gasteiger partial charge in [-0.05, 0) is 24.3 Å². The zero-order valence-electron chi connectivity index (χ0n) is 16.7. The summed E-state index contributed by atoms with van der Waals surface area (Å²) in [5.74, 6) is -2.47. The summed E-state index contributed by atoms with van der Waals surface area (Å²) in [5.41, 5.74) is 1.03. The van der Waals surface area contributed by atoms with Crippen molar-refractivity contribution in [3.8, 4) is 0 Å². The van der Waals surface area contributed by atoms with Gasteiger partial charge >= 0.3 is 24.0 Å². The van der Waals surface area contributed by atoms with Crippen molar-refractivity contribution in [3.63, 3.8) is 0 Å². The quantitative estimate of drug-likeness (QED) is 0.213. The van der Waals surface area contributed by atoms with Crippen molar-refractivity contribution in [2.45, 2.75) is 12.1 Å². The molecule has 0 fully saturated rings. The van der Waals surface area contributed by atoms with Gasteiger partial charge in [0.05, 0.1) is 0 Å². The third kappa shape index (κ3) is 9.18. The predicted octanol–water partition coefficient (Wildman–Crippen LogP) is 2.92. The van der Waals surface area contributed by atoms with E-state index in [-0.39, 0.29) is 11.5 Å². The van der Waals surface area contributed by atoms with E-state index >= 15 is 0 Å². The number of anilines is 2. The molecule has 4 amide bonds. The van der Waals surface area contributed by atoms with Crippen molar-refractivity contribution in [1.82, 2.24) is 10.6 Å². The van der Waals surface area contributed by atoms with Crippen LogP contribution >= 0.6 is 21.6 Å². The van der Waals surface area contributed by atoms with Crippen LogP contribution in [0.25, 0.3) is 0 Å². The van der Waals surface area contributed by atoms with E-state index in [9.17, 15) is 29.4 Å². The molecule has 0 aromatic heterocycles. The van der Waals surface area contributed by atoms with Gasteiger partial charge in [-0.25, -0.2) is 19.2 Å². The highest BCUT2D eigenvalue weighted by Gasteiger charge is 2.23. The van der Waals surface area contributed by atoms with E-state index in [0.717, 1.165) is 21.6 Å². The summed E-state index contributed by atoms with van der Waals surface area (Å²) in [6, 6.07) is 13.4. The second-order valence-electron chi connectivity index (χ2n) is 6.28. The van der Waals surface area contributed by atoms with Gasteiger partial charge in [0.15, 0.2) is 0 Å². The van der Waals surface area contributed by atoms with Crippen molar-refractivity contribution < 1.29 is 29.4 Å². The Bertz CT molecular complexity index is 841. The highest BCUT2D eigenvalue weighted by molar-refractivity contribution is 8.76. The largest absolute Gasteiger partial charge is 0.480 e. The number of para-hydroxylation sites is 2. The van der Waals surface area contributed by atoms with Crippen molar-refractivity contribution in [2.75, 3.05) is 22.1 Å². The number of carbonyl (C=O) groups excluding carboxylic acids is 2. The van der Waals surface area contributed by atoms with E-state index in [1.807, 2.05) is 0 Å². The summed E-state index contributed by atoms with van der Waals surface area (Å²) in [6.07, 6.45) is 0. The smallest absolute Gasteiger partial charge is 0.327 e. The lowest BCUT2D eigenvalue weighted by Gasteiger charge is -2.16. The Balaban J connectivity index is 1.76. The lowest BCUT2D eigenvalue weighted by atomic mass is 10.3. The van der Waals surface area contributed by atoms with E-state index in [2.05, 4.69) is 21.3 Å². The first-order chi connectivity index (χ1) is 15.3. The maximum atomic E-state index is 12.0. The van der Waals surface area contributed by atoms with E-state index < -0.39 is 36.1 Å². The highest BCUT2D eigenvalue weighted by Crippen LogP contribution is 2.23. The fourth-order valence-corrected chi connectivity index (χ4v) is 4.59. The van der Waals surface area contributed by atoms with Crippen molar-refractivity contribution in [1.29, 1.82) is 0 Å². The number of benzene rings is 2. The second kappa shape index (κ2) is 13.1. The molecule has 12 heteroatoms. The van der Waals surface area contributed by atoms with Crippen molar-refractivity contribution >= 4 is 57.0 Å². The number of carboxylic acids is 2. The van der Waals surface area contributed by atoms with Gasteiger partial charge in [-0.15, -0.1) is 0 Å². The number of amides is 4. The lowest BCUT2D eigenvalue weighted by Crippen LogP contribution is -2.45. The number of carboxylic acid groups (broad SMARTS) is 2. The Morgan fingerprint density at radius 3 is 1.31 bits per heavy atom. The van der Waals surface area contributed by atoms with Crippen LogP contribution in [0.2, 0.25) is 0 Å². The fourth-order valence-electron chi connectivity index (χ4n) is 2.28. The summed E-state index contributed by atoms with van der Waals surface area (Å²) in [6.45, 7) is 0. The minimum atomic E-state index is -1.23. The second-order valence-corrected chi connectivity index (χ2v) is 8.83. The number of rotatable bonds is 11. The fraction of sp³-hybridized carbons (Fsp3) is 0.200. The van der Waals surface area contributed by atoms with Gasteiger partial charge in [-0.3, -0.25) is 0 Å². The molecule has 10 nitrogen and oxygen atoms in total. The Kier molecular flexibility index (Phi) is 10.2. The van der Waals surface area contributed by atoms with Crippen LogP contribution in [-0.2, 0) is 9.59 Å². The third-order valence-corrected chi connectivity index (χ3v) is 6.24. The van der Waals surface area contributed by atoms with E-state index in [1.165, 1.54) is 0 Å². The Labute approximate surface area is 191 Å². The topological polar surface area (TPSA) is 157 Å². The predicted molar refractivity (Wildman–Crippen MR) is 125 cm³/mol. The van der Waals surface area contributed by atoms with Crippen LogP contribution in [0.15, 0.2) is 60.7 Å². The van der Waals surface area contributed by atoms with Gasteiger partial charge in [0.1, 0.15) is 12.1 Å². The molecule has 6 N–H and O–H groups in total. The first-order valence-electron chi connectivity index (χ1n) is 9.30. The molecule has 0 bridgehead atoms. The van der Waals surface area contributed by atoms with Gasteiger partial charge in [-0.2, -0.15) is 0 Å². The van der Waals surface area contributed by atoms with Crippen LogP contribution in [0, 0.1) is 0 Å². The average Bonchev–Trinajstić information content (AvgIpc) is 2.76. The van der Waals surface area contributed by atoms with Gasteiger partial charge in [0.2, 0.25) is 0 Å². The minimum absolute atomic E-state index is 0.00917. The minimum Gasteiger partial charge on any atom is -0.480 e. The van der Waals surface area contributed by atoms with Crippen molar-refractivity contribution in [2.24, 2.45) is 0 Å². The Hall–Kier alpha value is -3.38. The SMILES string of the molecule is O=C(Nc1ccccc1)N[C@H](CSSC[C@@H](NC(=O)Nc1ccccc1)C(=O)O)C(=O)O.